The lowest BCUT2D eigenvalue weighted by molar-refractivity contribution is -0.152. The largest absolute Gasteiger partial charge is 0.451 e. The van der Waals surface area contributed by atoms with Crippen molar-refractivity contribution in [3.63, 3.8) is 0 Å². The Hall–Kier alpha value is -1.45. The third-order valence-corrected chi connectivity index (χ3v) is 2.06. The van der Waals surface area contributed by atoms with Crippen molar-refractivity contribution in [3.05, 3.63) is 35.6 Å². The molecule has 1 aromatic carbocycles. The molecule has 1 aromatic heterocycles. The monoisotopic (exact) mass is 200 g/mol. The lowest BCUT2D eigenvalue weighted by Gasteiger charge is -1.98. The smallest absolute Gasteiger partial charge is 0.449 e. The Morgan fingerprint density at radius 1 is 1.21 bits per heavy atom. The van der Waals surface area contributed by atoms with Crippen LogP contribution >= 0.6 is 0 Å². The summed E-state index contributed by atoms with van der Waals surface area (Å²) in [4.78, 5) is 0. The summed E-state index contributed by atoms with van der Waals surface area (Å²) < 4.78 is 41.5. The number of aryl methyl sites for hydroxylation is 1. The summed E-state index contributed by atoms with van der Waals surface area (Å²) in [7, 11) is 0. The number of furan rings is 1. The Morgan fingerprint density at radius 3 is 2.50 bits per heavy atom. The van der Waals surface area contributed by atoms with Crippen molar-refractivity contribution in [1.29, 1.82) is 0 Å². The van der Waals surface area contributed by atoms with Gasteiger partial charge in [0.05, 0.1) is 0 Å². The van der Waals surface area contributed by atoms with Crippen LogP contribution in [0.2, 0.25) is 0 Å². The second kappa shape index (κ2) is 2.77. The fraction of sp³-hybridized carbons (Fsp3) is 0.200. The first kappa shape index (κ1) is 9.12. The fourth-order valence-electron chi connectivity index (χ4n) is 1.35. The van der Waals surface area contributed by atoms with Crippen LogP contribution in [0.1, 0.15) is 11.3 Å². The van der Waals surface area contributed by atoms with Crippen LogP contribution in [0.4, 0.5) is 13.2 Å². The Labute approximate surface area is 78.1 Å². The maximum Gasteiger partial charge on any atom is 0.449 e. The lowest BCUT2D eigenvalue weighted by Crippen LogP contribution is -2.01. The van der Waals surface area contributed by atoms with Gasteiger partial charge in [0.2, 0.25) is 5.76 Å². The quantitative estimate of drug-likeness (QED) is 0.631. The molecule has 0 bridgehead atoms. The Morgan fingerprint density at radius 2 is 1.93 bits per heavy atom. The number of hydrogen-bond acceptors (Lipinski definition) is 1. The van der Waals surface area contributed by atoms with E-state index < -0.39 is 11.9 Å². The fourth-order valence-corrected chi connectivity index (χ4v) is 1.35. The van der Waals surface area contributed by atoms with Crippen molar-refractivity contribution in [2.45, 2.75) is 13.1 Å². The highest BCUT2D eigenvalue weighted by Gasteiger charge is 2.35. The van der Waals surface area contributed by atoms with E-state index in [4.69, 9.17) is 0 Å². The van der Waals surface area contributed by atoms with E-state index in [-0.39, 0.29) is 5.58 Å². The van der Waals surface area contributed by atoms with Gasteiger partial charge in [-0.25, -0.2) is 0 Å². The van der Waals surface area contributed by atoms with E-state index in [2.05, 4.69) is 4.42 Å². The summed E-state index contributed by atoms with van der Waals surface area (Å²) in [5, 5.41) is 0.514. The molecule has 0 spiro atoms. The molecular weight excluding hydrogens is 193 g/mol. The van der Waals surface area contributed by atoms with Crippen molar-refractivity contribution < 1.29 is 17.6 Å². The molecule has 74 valence electrons. The molecule has 0 aliphatic rings. The summed E-state index contributed by atoms with van der Waals surface area (Å²) in [6.45, 7) is 1.75. The molecule has 0 radical (unpaired) electrons. The van der Waals surface area contributed by atoms with Gasteiger partial charge in [-0.1, -0.05) is 12.1 Å². The second-order valence-electron chi connectivity index (χ2n) is 3.10. The zero-order valence-electron chi connectivity index (χ0n) is 7.35. The van der Waals surface area contributed by atoms with Crippen LogP contribution in [-0.4, -0.2) is 0 Å². The van der Waals surface area contributed by atoms with E-state index in [0.29, 0.717) is 5.39 Å². The number of rotatable bonds is 0. The van der Waals surface area contributed by atoms with E-state index in [1.807, 2.05) is 0 Å². The Balaban J connectivity index is 2.69. The van der Waals surface area contributed by atoms with Crippen molar-refractivity contribution in [2.24, 2.45) is 0 Å². The highest BCUT2D eigenvalue weighted by atomic mass is 19.4. The third-order valence-electron chi connectivity index (χ3n) is 2.06. The lowest BCUT2D eigenvalue weighted by atomic mass is 10.1. The predicted octanol–water partition coefficient (Wildman–Crippen LogP) is 3.76. The molecule has 1 nitrogen and oxygen atoms in total. The van der Waals surface area contributed by atoms with Crippen molar-refractivity contribution >= 4 is 11.0 Å². The first-order chi connectivity index (χ1) is 6.48. The molecule has 0 aliphatic heterocycles. The number of hydrogen-bond donors (Lipinski definition) is 0. The average molecular weight is 200 g/mol. The van der Waals surface area contributed by atoms with Gasteiger partial charge in [0.1, 0.15) is 5.58 Å². The van der Waals surface area contributed by atoms with E-state index in [9.17, 15) is 13.2 Å². The van der Waals surface area contributed by atoms with Crippen LogP contribution in [0.15, 0.2) is 28.7 Å². The standard InChI is InChI=1S/C10H7F3O/c1-6-3-2-4-8-7(6)5-9(14-8)10(11,12)13/h2-5H,1H3. The van der Waals surface area contributed by atoms with Crippen LogP contribution in [0.5, 0.6) is 0 Å². The summed E-state index contributed by atoms with van der Waals surface area (Å²) in [5.74, 6) is -0.943. The van der Waals surface area contributed by atoms with Gasteiger partial charge in [-0.05, 0) is 24.6 Å². The van der Waals surface area contributed by atoms with Gasteiger partial charge in [0.15, 0.2) is 0 Å². The van der Waals surface area contributed by atoms with Gasteiger partial charge in [-0.2, -0.15) is 13.2 Å². The maximum atomic E-state index is 12.3. The molecule has 2 rings (SSSR count). The topological polar surface area (TPSA) is 13.1 Å². The molecule has 14 heavy (non-hydrogen) atoms. The van der Waals surface area contributed by atoms with Crippen LogP contribution < -0.4 is 0 Å². The van der Waals surface area contributed by atoms with Gasteiger partial charge >= 0.3 is 6.18 Å². The van der Waals surface area contributed by atoms with Gasteiger partial charge in [0.25, 0.3) is 0 Å². The molecule has 0 saturated heterocycles. The molecule has 0 fully saturated rings. The zero-order valence-corrected chi connectivity index (χ0v) is 7.35. The number of benzene rings is 1. The number of alkyl halides is 3. The zero-order chi connectivity index (χ0) is 10.3. The maximum absolute atomic E-state index is 12.3. The average Bonchev–Trinajstić information content (AvgIpc) is 2.48. The molecule has 0 aliphatic carbocycles. The summed E-state index contributed by atoms with van der Waals surface area (Å²) in [6.07, 6.45) is -4.41. The van der Waals surface area contributed by atoms with Gasteiger partial charge in [-0.15, -0.1) is 0 Å². The Kier molecular flexibility index (Phi) is 1.80. The minimum absolute atomic E-state index is 0.275. The summed E-state index contributed by atoms with van der Waals surface area (Å²) in [5.41, 5.74) is 1.05. The van der Waals surface area contributed by atoms with Gasteiger partial charge < -0.3 is 4.42 Å². The van der Waals surface area contributed by atoms with E-state index >= 15 is 0 Å². The minimum atomic E-state index is -4.41. The molecular formula is C10H7F3O. The van der Waals surface area contributed by atoms with E-state index in [1.165, 1.54) is 6.07 Å². The van der Waals surface area contributed by atoms with Gasteiger partial charge in [0, 0.05) is 5.39 Å². The van der Waals surface area contributed by atoms with Crippen molar-refractivity contribution in [2.75, 3.05) is 0 Å². The highest BCUT2D eigenvalue weighted by molar-refractivity contribution is 5.81. The molecule has 1 heterocycles. The van der Waals surface area contributed by atoms with Gasteiger partial charge in [-0.3, -0.25) is 0 Å². The molecule has 2 aromatic rings. The normalized spacial score (nSPS) is 12.3. The van der Waals surface area contributed by atoms with Crippen molar-refractivity contribution in [1.82, 2.24) is 0 Å². The van der Waals surface area contributed by atoms with E-state index in [1.54, 1.807) is 19.1 Å². The molecule has 0 saturated carbocycles. The first-order valence-electron chi connectivity index (χ1n) is 4.05. The molecule has 0 amide bonds. The molecule has 0 unspecified atom stereocenters. The molecule has 4 heteroatoms. The van der Waals surface area contributed by atoms with Crippen LogP contribution in [0.3, 0.4) is 0 Å². The van der Waals surface area contributed by atoms with Crippen LogP contribution in [-0.2, 0) is 6.18 Å². The van der Waals surface area contributed by atoms with E-state index in [0.717, 1.165) is 11.6 Å². The minimum Gasteiger partial charge on any atom is -0.451 e. The Bertz CT molecular complexity index is 468. The first-order valence-corrected chi connectivity index (χ1v) is 4.05. The number of fused-ring (bicyclic) bond motifs is 1. The highest BCUT2D eigenvalue weighted by Crippen LogP contribution is 2.34. The molecule has 0 atom stereocenters. The predicted molar refractivity (Wildman–Crippen MR) is 46.0 cm³/mol. The SMILES string of the molecule is Cc1cccc2oc(C(F)(F)F)cc12. The second-order valence-corrected chi connectivity index (χ2v) is 3.10. The van der Waals surface area contributed by atoms with Crippen LogP contribution in [0.25, 0.3) is 11.0 Å². The van der Waals surface area contributed by atoms with Crippen LogP contribution in [0, 0.1) is 6.92 Å². The molecule has 0 N–H and O–H groups in total. The third kappa shape index (κ3) is 1.36. The summed E-state index contributed by atoms with van der Waals surface area (Å²) >= 11 is 0. The number of halogens is 3. The van der Waals surface area contributed by atoms with Crippen molar-refractivity contribution in [3.8, 4) is 0 Å². The summed E-state index contributed by atoms with van der Waals surface area (Å²) in [6, 6.07) is 5.97.